The summed E-state index contributed by atoms with van der Waals surface area (Å²) in [5.41, 5.74) is 0.570. The van der Waals surface area contributed by atoms with Gasteiger partial charge in [-0.2, -0.15) is 0 Å². The third kappa shape index (κ3) is 4.50. The van der Waals surface area contributed by atoms with E-state index in [4.69, 9.17) is 5.14 Å². The third-order valence-electron chi connectivity index (χ3n) is 2.46. The Morgan fingerprint density at radius 1 is 1.50 bits per heavy atom. The Bertz CT molecular complexity index is 505. The molecule has 0 fully saturated rings. The molecule has 7 heteroatoms. The van der Waals surface area contributed by atoms with E-state index in [9.17, 15) is 13.2 Å². The van der Waals surface area contributed by atoms with Gasteiger partial charge in [-0.1, -0.05) is 0 Å². The number of primary sulfonamides is 1. The summed E-state index contributed by atoms with van der Waals surface area (Å²) in [6, 6.07) is 3.74. The van der Waals surface area contributed by atoms with Crippen LogP contribution in [0.3, 0.4) is 0 Å². The Hall–Kier alpha value is -1.34. The smallest absolute Gasteiger partial charge is 0.267 e. The van der Waals surface area contributed by atoms with Crippen molar-refractivity contribution in [2.45, 2.75) is 26.3 Å². The van der Waals surface area contributed by atoms with Crippen LogP contribution in [-0.2, 0) is 10.0 Å². The Labute approximate surface area is 107 Å². The Morgan fingerprint density at radius 3 is 2.72 bits per heavy atom. The first-order chi connectivity index (χ1) is 8.31. The zero-order valence-corrected chi connectivity index (χ0v) is 11.4. The number of nitrogens with two attached hydrogens (primary N) is 1. The van der Waals surface area contributed by atoms with Gasteiger partial charge < -0.3 is 9.88 Å². The van der Waals surface area contributed by atoms with Crippen molar-refractivity contribution >= 4 is 15.9 Å². The molecule has 18 heavy (non-hydrogen) atoms. The monoisotopic (exact) mass is 273 g/mol. The highest BCUT2D eigenvalue weighted by molar-refractivity contribution is 7.89. The summed E-state index contributed by atoms with van der Waals surface area (Å²) in [5, 5.41) is 7.54. The zero-order chi connectivity index (χ0) is 13.8. The summed E-state index contributed by atoms with van der Waals surface area (Å²) in [5.74, 6) is -0.332. The van der Waals surface area contributed by atoms with Crippen molar-refractivity contribution in [1.82, 2.24) is 9.88 Å². The van der Waals surface area contributed by atoms with Crippen LogP contribution in [0.5, 0.6) is 0 Å². The predicted molar refractivity (Wildman–Crippen MR) is 69.7 cm³/mol. The Morgan fingerprint density at radius 2 is 2.17 bits per heavy atom. The molecule has 0 atom stereocenters. The van der Waals surface area contributed by atoms with Gasteiger partial charge in [-0.3, -0.25) is 4.79 Å². The van der Waals surface area contributed by atoms with Gasteiger partial charge in [0, 0.05) is 18.8 Å². The molecule has 0 unspecified atom stereocenters. The number of carbonyl (C=O) groups is 1. The lowest BCUT2D eigenvalue weighted by molar-refractivity contribution is 0.0943. The van der Waals surface area contributed by atoms with Gasteiger partial charge >= 0.3 is 0 Å². The van der Waals surface area contributed by atoms with E-state index in [2.05, 4.69) is 5.32 Å². The molecular formula is C11H19N3O3S. The third-order valence-corrected chi connectivity index (χ3v) is 3.32. The first-order valence-corrected chi connectivity index (χ1v) is 7.48. The molecule has 0 radical (unpaired) electrons. The molecule has 0 aliphatic rings. The molecule has 3 N–H and O–H groups in total. The van der Waals surface area contributed by atoms with Gasteiger partial charge in [-0.25, -0.2) is 13.6 Å². The van der Waals surface area contributed by atoms with Crippen LogP contribution < -0.4 is 10.5 Å². The van der Waals surface area contributed by atoms with Gasteiger partial charge in [-0.05, 0) is 32.4 Å². The number of nitrogens with one attached hydrogen (secondary N) is 1. The minimum atomic E-state index is -3.45. The molecule has 0 aromatic carbocycles. The molecule has 0 spiro atoms. The van der Waals surface area contributed by atoms with Crippen molar-refractivity contribution in [3.63, 3.8) is 0 Å². The molecule has 1 rings (SSSR count). The minimum Gasteiger partial charge on any atom is -0.351 e. The fourth-order valence-corrected chi connectivity index (χ4v) is 2.15. The van der Waals surface area contributed by atoms with Crippen molar-refractivity contribution in [2.75, 3.05) is 12.3 Å². The van der Waals surface area contributed by atoms with Gasteiger partial charge in [0.25, 0.3) is 5.91 Å². The molecular weight excluding hydrogens is 254 g/mol. The van der Waals surface area contributed by atoms with Crippen molar-refractivity contribution in [1.29, 1.82) is 0 Å². The second-order valence-corrected chi connectivity index (χ2v) is 6.10. The number of sulfonamides is 1. The lowest BCUT2D eigenvalue weighted by Crippen LogP contribution is -2.29. The number of amides is 1. The average Bonchev–Trinajstić information content (AvgIpc) is 2.71. The highest BCUT2D eigenvalue weighted by Gasteiger charge is 2.12. The minimum absolute atomic E-state index is 0.127. The second-order valence-electron chi connectivity index (χ2n) is 4.37. The molecule has 0 saturated carbocycles. The quantitative estimate of drug-likeness (QED) is 0.738. The molecule has 1 aromatic rings. The van der Waals surface area contributed by atoms with Crippen LogP contribution in [0, 0.1) is 0 Å². The number of hydrogen-bond donors (Lipinski definition) is 2. The maximum absolute atomic E-state index is 11.8. The van der Waals surface area contributed by atoms with E-state index in [0.717, 1.165) is 0 Å². The molecule has 0 saturated heterocycles. The summed E-state index contributed by atoms with van der Waals surface area (Å²) >= 11 is 0. The van der Waals surface area contributed by atoms with Crippen LogP contribution >= 0.6 is 0 Å². The van der Waals surface area contributed by atoms with Crippen LogP contribution in [0.25, 0.3) is 0 Å². The number of aromatic nitrogens is 1. The SMILES string of the molecule is CC(C)n1cccc1C(=O)NCCCS(N)(=O)=O. The maximum Gasteiger partial charge on any atom is 0.267 e. The van der Waals surface area contributed by atoms with Crippen LogP contribution in [0.1, 0.15) is 36.8 Å². The molecule has 1 heterocycles. The largest absolute Gasteiger partial charge is 0.351 e. The van der Waals surface area contributed by atoms with Crippen LogP contribution in [0.15, 0.2) is 18.3 Å². The molecule has 0 aliphatic heterocycles. The van der Waals surface area contributed by atoms with Gasteiger partial charge in [0.2, 0.25) is 10.0 Å². The summed E-state index contributed by atoms with van der Waals surface area (Å²) in [6.07, 6.45) is 2.15. The molecule has 1 amide bonds. The van der Waals surface area contributed by atoms with E-state index in [1.165, 1.54) is 0 Å². The Kier molecular flexibility index (Phi) is 4.92. The molecule has 102 valence electrons. The molecule has 0 aliphatic carbocycles. The zero-order valence-electron chi connectivity index (χ0n) is 10.6. The molecule has 6 nitrogen and oxygen atoms in total. The Balaban J connectivity index is 2.48. The van der Waals surface area contributed by atoms with E-state index in [1.807, 2.05) is 24.6 Å². The van der Waals surface area contributed by atoms with Crippen molar-refractivity contribution in [3.05, 3.63) is 24.0 Å². The van der Waals surface area contributed by atoms with Crippen molar-refractivity contribution in [3.8, 4) is 0 Å². The lowest BCUT2D eigenvalue weighted by atomic mass is 10.3. The van der Waals surface area contributed by atoms with Gasteiger partial charge in [0.1, 0.15) is 5.69 Å². The molecule has 1 aromatic heterocycles. The summed E-state index contributed by atoms with van der Waals surface area (Å²) in [7, 11) is -3.45. The predicted octanol–water partition coefficient (Wildman–Crippen LogP) is 0.477. The highest BCUT2D eigenvalue weighted by atomic mass is 32.2. The van der Waals surface area contributed by atoms with E-state index in [1.54, 1.807) is 12.1 Å². The lowest BCUT2D eigenvalue weighted by Gasteiger charge is -2.12. The maximum atomic E-state index is 11.8. The summed E-state index contributed by atoms with van der Waals surface area (Å²) < 4.78 is 23.3. The van der Waals surface area contributed by atoms with Crippen LogP contribution in [-0.4, -0.2) is 31.2 Å². The van der Waals surface area contributed by atoms with E-state index < -0.39 is 10.0 Å². The van der Waals surface area contributed by atoms with Crippen molar-refractivity contribution < 1.29 is 13.2 Å². The average molecular weight is 273 g/mol. The highest BCUT2D eigenvalue weighted by Crippen LogP contribution is 2.10. The summed E-state index contributed by atoms with van der Waals surface area (Å²) in [4.78, 5) is 11.8. The van der Waals surface area contributed by atoms with Crippen molar-refractivity contribution in [2.24, 2.45) is 5.14 Å². The standard InChI is InChI=1S/C11H19N3O3S/c1-9(2)14-7-3-5-10(14)11(15)13-6-4-8-18(12,16)17/h3,5,7,9H,4,6,8H2,1-2H3,(H,13,15)(H2,12,16,17). The topological polar surface area (TPSA) is 94.2 Å². The molecule has 0 bridgehead atoms. The number of carbonyl (C=O) groups excluding carboxylic acids is 1. The van der Waals surface area contributed by atoms with E-state index >= 15 is 0 Å². The van der Waals surface area contributed by atoms with Gasteiger partial charge in [0.15, 0.2) is 0 Å². The van der Waals surface area contributed by atoms with Gasteiger partial charge in [0.05, 0.1) is 5.75 Å². The van der Waals surface area contributed by atoms with E-state index in [-0.39, 0.29) is 17.7 Å². The summed E-state index contributed by atoms with van der Waals surface area (Å²) in [6.45, 7) is 4.26. The number of nitrogens with zero attached hydrogens (tertiary/aromatic N) is 1. The fourth-order valence-electron chi connectivity index (χ4n) is 1.60. The first kappa shape index (κ1) is 14.7. The second kappa shape index (κ2) is 6.01. The van der Waals surface area contributed by atoms with Gasteiger partial charge in [-0.15, -0.1) is 0 Å². The number of hydrogen-bond acceptors (Lipinski definition) is 3. The number of rotatable bonds is 6. The normalized spacial score (nSPS) is 11.8. The van der Waals surface area contributed by atoms with E-state index in [0.29, 0.717) is 18.7 Å². The van der Waals surface area contributed by atoms with Crippen LogP contribution in [0.4, 0.5) is 0 Å². The van der Waals surface area contributed by atoms with Crippen LogP contribution in [0.2, 0.25) is 0 Å². The first-order valence-electron chi connectivity index (χ1n) is 5.77. The fraction of sp³-hybridized carbons (Fsp3) is 0.545.